The van der Waals surface area contributed by atoms with Gasteiger partial charge in [0, 0.05) is 32.3 Å². The van der Waals surface area contributed by atoms with E-state index in [1.54, 1.807) is 0 Å². The number of aliphatic hydroxyl groups is 1. The fourth-order valence-electron chi connectivity index (χ4n) is 1.53. The van der Waals surface area contributed by atoms with Crippen LogP contribution in [0.1, 0.15) is 39.0 Å². The molecule has 0 bridgehead atoms. The van der Waals surface area contributed by atoms with Crippen LogP contribution in [0.2, 0.25) is 0 Å². The van der Waals surface area contributed by atoms with Crippen molar-refractivity contribution in [1.29, 1.82) is 0 Å². The van der Waals surface area contributed by atoms with Gasteiger partial charge >= 0.3 is 11.9 Å². The average Bonchev–Trinajstić information content (AvgIpc) is 2.41. The maximum atomic E-state index is 11.7. The number of aliphatic hydroxyl groups excluding tert-OH is 1. The van der Waals surface area contributed by atoms with Crippen molar-refractivity contribution in [1.82, 2.24) is 10.6 Å². The normalized spacial score (nSPS) is 13.0. The molecule has 0 saturated heterocycles. The van der Waals surface area contributed by atoms with Crippen molar-refractivity contribution in [2.75, 3.05) is 6.61 Å². The van der Waals surface area contributed by atoms with Gasteiger partial charge < -0.3 is 26.0 Å². The van der Waals surface area contributed by atoms with E-state index in [1.807, 2.05) is 0 Å². The van der Waals surface area contributed by atoms with Gasteiger partial charge in [0.05, 0.1) is 0 Å². The zero-order valence-corrected chi connectivity index (χ0v) is 11.7. The smallest absolute Gasteiger partial charge is 0.350 e. The molecule has 0 spiro atoms. The van der Waals surface area contributed by atoms with E-state index in [1.165, 1.54) is 6.92 Å². The second kappa shape index (κ2) is 8.90. The summed E-state index contributed by atoms with van der Waals surface area (Å²) in [6.07, 6.45) is -1.07. The summed E-state index contributed by atoms with van der Waals surface area (Å²) in [6.45, 7) is 1.25. The largest absolute Gasteiger partial charge is 0.481 e. The van der Waals surface area contributed by atoms with Crippen LogP contribution in [0.4, 0.5) is 0 Å². The second-order valence-corrected chi connectivity index (χ2v) is 4.38. The van der Waals surface area contributed by atoms with E-state index in [0.29, 0.717) is 0 Å². The zero-order chi connectivity index (χ0) is 16.5. The highest BCUT2D eigenvalue weighted by Gasteiger charge is 2.41. The number of aliphatic carboxylic acids is 2. The van der Waals surface area contributed by atoms with Gasteiger partial charge in [0.25, 0.3) is 0 Å². The number of carboxylic acids is 2. The predicted octanol–water partition coefficient (Wildman–Crippen LogP) is -0.953. The molecule has 9 heteroatoms. The fraction of sp³-hybridized carbons (Fsp3) is 0.667. The van der Waals surface area contributed by atoms with Crippen molar-refractivity contribution in [3.05, 3.63) is 0 Å². The first-order valence-corrected chi connectivity index (χ1v) is 6.45. The van der Waals surface area contributed by atoms with E-state index in [-0.39, 0.29) is 25.9 Å². The van der Waals surface area contributed by atoms with Crippen LogP contribution < -0.4 is 10.6 Å². The summed E-state index contributed by atoms with van der Waals surface area (Å²) >= 11 is 0. The number of carboxylic acid groups (broad SMARTS) is 2. The van der Waals surface area contributed by atoms with Crippen molar-refractivity contribution >= 4 is 23.8 Å². The molecule has 1 unspecified atom stereocenters. The highest BCUT2D eigenvalue weighted by Crippen LogP contribution is 2.12. The Morgan fingerprint density at radius 2 is 1.57 bits per heavy atom. The molecular formula is C12H20N2O7. The molecule has 2 amide bonds. The van der Waals surface area contributed by atoms with Crippen LogP contribution >= 0.6 is 0 Å². The van der Waals surface area contributed by atoms with Crippen LogP contribution in [0.25, 0.3) is 0 Å². The molecule has 0 radical (unpaired) electrons. The minimum absolute atomic E-state index is 0.0192. The molecule has 0 saturated carbocycles. The molecule has 5 N–H and O–H groups in total. The van der Waals surface area contributed by atoms with Crippen molar-refractivity contribution in [3.63, 3.8) is 0 Å². The zero-order valence-electron chi connectivity index (χ0n) is 11.7. The first kappa shape index (κ1) is 18.8. The van der Waals surface area contributed by atoms with E-state index >= 15 is 0 Å². The lowest BCUT2D eigenvalue weighted by atomic mass is 10.0. The molecule has 1 atom stereocenters. The predicted molar refractivity (Wildman–Crippen MR) is 70.1 cm³/mol. The number of carbonyl (C=O) groups excluding carboxylic acids is 2. The molecule has 0 rings (SSSR count). The molecule has 0 aromatic rings. The Morgan fingerprint density at radius 1 is 1.00 bits per heavy atom. The molecular weight excluding hydrogens is 284 g/mol. The number of hydrogen-bond donors (Lipinski definition) is 5. The first-order chi connectivity index (χ1) is 9.77. The lowest BCUT2D eigenvalue weighted by Gasteiger charge is -2.31. The third-order valence-corrected chi connectivity index (χ3v) is 2.67. The van der Waals surface area contributed by atoms with Crippen molar-refractivity contribution in [2.24, 2.45) is 0 Å². The summed E-state index contributed by atoms with van der Waals surface area (Å²) in [5.74, 6) is -4.14. The van der Waals surface area contributed by atoms with Crippen LogP contribution in [0.5, 0.6) is 0 Å². The summed E-state index contributed by atoms with van der Waals surface area (Å²) in [5, 5.41) is 30.9. The second-order valence-electron chi connectivity index (χ2n) is 4.38. The molecule has 120 valence electrons. The monoisotopic (exact) mass is 304 g/mol. The Labute approximate surface area is 121 Å². The lowest BCUT2D eigenvalue weighted by molar-refractivity contribution is -0.153. The highest BCUT2D eigenvalue weighted by atomic mass is 16.4. The molecule has 0 aromatic heterocycles. The van der Waals surface area contributed by atoms with Crippen molar-refractivity contribution in [2.45, 2.75) is 44.7 Å². The molecule has 21 heavy (non-hydrogen) atoms. The van der Waals surface area contributed by atoms with Gasteiger partial charge in [0.15, 0.2) is 0 Å². The molecule has 9 nitrogen and oxygen atoms in total. The molecule has 0 heterocycles. The van der Waals surface area contributed by atoms with Gasteiger partial charge in [0.2, 0.25) is 17.5 Å². The van der Waals surface area contributed by atoms with Crippen molar-refractivity contribution in [3.8, 4) is 0 Å². The molecule has 0 aliphatic rings. The summed E-state index contributed by atoms with van der Waals surface area (Å²) < 4.78 is 0. The van der Waals surface area contributed by atoms with E-state index in [2.05, 4.69) is 10.6 Å². The molecule has 0 aromatic carbocycles. The van der Waals surface area contributed by atoms with Crippen molar-refractivity contribution < 1.29 is 34.5 Å². The Hall–Kier alpha value is -2.16. The Morgan fingerprint density at radius 3 is 2.00 bits per heavy atom. The Balaban J connectivity index is 5.15. The van der Waals surface area contributed by atoms with Gasteiger partial charge in [-0.1, -0.05) is 6.92 Å². The summed E-state index contributed by atoms with van der Waals surface area (Å²) in [7, 11) is 0. The third-order valence-electron chi connectivity index (χ3n) is 2.67. The topological polar surface area (TPSA) is 153 Å². The summed E-state index contributed by atoms with van der Waals surface area (Å²) in [4.78, 5) is 45.2. The van der Waals surface area contributed by atoms with Crippen LogP contribution in [-0.2, 0) is 19.2 Å². The van der Waals surface area contributed by atoms with E-state index < -0.39 is 42.3 Å². The van der Waals surface area contributed by atoms with Crippen LogP contribution in [0.15, 0.2) is 0 Å². The first-order valence-electron chi connectivity index (χ1n) is 6.45. The van der Waals surface area contributed by atoms with Crippen LogP contribution in [-0.4, -0.2) is 51.3 Å². The number of carbonyl (C=O) groups is 4. The summed E-state index contributed by atoms with van der Waals surface area (Å²) in [5.41, 5.74) is -2.17. The fourth-order valence-corrected chi connectivity index (χ4v) is 1.53. The van der Waals surface area contributed by atoms with Gasteiger partial charge in [-0.05, 0) is 6.42 Å². The van der Waals surface area contributed by atoms with Gasteiger partial charge in [-0.25, -0.2) is 4.79 Å². The van der Waals surface area contributed by atoms with Crippen LogP contribution in [0.3, 0.4) is 0 Å². The minimum atomic E-state index is -2.17. The van der Waals surface area contributed by atoms with Gasteiger partial charge in [-0.2, -0.15) is 0 Å². The van der Waals surface area contributed by atoms with Crippen LogP contribution in [0, 0.1) is 0 Å². The lowest BCUT2D eigenvalue weighted by Crippen LogP contribution is -2.65. The minimum Gasteiger partial charge on any atom is -0.481 e. The average molecular weight is 304 g/mol. The van der Waals surface area contributed by atoms with E-state index in [9.17, 15) is 24.3 Å². The maximum Gasteiger partial charge on any atom is 0.350 e. The third kappa shape index (κ3) is 6.70. The SMILES string of the molecule is CCC(=O)NC(CCC(=O)O)(NC(=O)CCCO)C(=O)O. The van der Waals surface area contributed by atoms with E-state index in [4.69, 9.17) is 10.2 Å². The molecule has 0 aliphatic carbocycles. The van der Waals surface area contributed by atoms with Gasteiger partial charge in [-0.3, -0.25) is 14.4 Å². The number of nitrogens with one attached hydrogen (secondary N) is 2. The number of rotatable bonds is 10. The molecule has 0 aliphatic heterocycles. The highest BCUT2D eigenvalue weighted by molar-refractivity contribution is 5.91. The van der Waals surface area contributed by atoms with Gasteiger partial charge in [-0.15, -0.1) is 0 Å². The maximum absolute atomic E-state index is 11.7. The Bertz CT molecular complexity index is 410. The molecule has 0 fully saturated rings. The summed E-state index contributed by atoms with van der Waals surface area (Å²) in [6, 6.07) is 0. The van der Waals surface area contributed by atoms with Gasteiger partial charge in [0.1, 0.15) is 0 Å². The van der Waals surface area contributed by atoms with E-state index in [0.717, 1.165) is 0 Å². The standard InChI is InChI=1S/C12H20N2O7/c1-2-8(16)13-12(11(20)21,6-5-10(18)19)14-9(17)4-3-7-15/h15H,2-7H2,1H3,(H,13,16)(H,14,17)(H,18,19)(H,20,21). The number of amides is 2. The number of hydrogen-bond acceptors (Lipinski definition) is 5. The quantitative estimate of drug-likeness (QED) is 0.326. The Kier molecular flexibility index (Phi) is 7.99.